The van der Waals surface area contributed by atoms with E-state index in [2.05, 4.69) is 37.2 Å². The molecule has 0 spiro atoms. The predicted octanol–water partition coefficient (Wildman–Crippen LogP) is 4.36. The van der Waals surface area contributed by atoms with Crippen LogP contribution in [0.15, 0.2) is 44.7 Å². The van der Waals surface area contributed by atoms with Gasteiger partial charge in [-0.25, -0.2) is 0 Å². The Labute approximate surface area is 138 Å². The van der Waals surface area contributed by atoms with Crippen LogP contribution in [0, 0.1) is 0 Å². The lowest BCUT2D eigenvalue weighted by atomic mass is 10.3. The number of rotatable bonds is 5. The van der Waals surface area contributed by atoms with Crippen molar-refractivity contribution in [1.82, 2.24) is 5.32 Å². The first-order valence-corrected chi connectivity index (χ1v) is 8.44. The van der Waals surface area contributed by atoms with E-state index in [0.717, 1.165) is 13.8 Å². The molecular formula is C14H13Br2NO2S. The van der Waals surface area contributed by atoms with Gasteiger partial charge in [-0.15, -0.1) is 11.3 Å². The van der Waals surface area contributed by atoms with E-state index in [-0.39, 0.29) is 5.91 Å². The Kier molecular flexibility index (Phi) is 5.63. The first-order valence-electron chi connectivity index (χ1n) is 5.97. The highest BCUT2D eigenvalue weighted by molar-refractivity contribution is 9.10. The molecule has 0 aliphatic carbocycles. The Morgan fingerprint density at radius 2 is 2.00 bits per heavy atom. The van der Waals surface area contributed by atoms with Crippen LogP contribution in [0.3, 0.4) is 0 Å². The minimum absolute atomic E-state index is 0.127. The van der Waals surface area contributed by atoms with Gasteiger partial charge in [-0.1, -0.05) is 15.9 Å². The van der Waals surface area contributed by atoms with Crippen LogP contribution in [0.4, 0.5) is 0 Å². The number of benzene rings is 1. The Bertz CT molecular complexity index is 583. The van der Waals surface area contributed by atoms with Gasteiger partial charge in [-0.2, -0.15) is 0 Å². The van der Waals surface area contributed by atoms with E-state index < -0.39 is 6.10 Å². The molecule has 1 amide bonds. The molecule has 1 unspecified atom stereocenters. The summed E-state index contributed by atoms with van der Waals surface area (Å²) >= 11 is 8.34. The van der Waals surface area contributed by atoms with Crippen LogP contribution >= 0.6 is 43.2 Å². The number of ether oxygens (including phenoxy) is 1. The Morgan fingerprint density at radius 3 is 2.60 bits per heavy atom. The smallest absolute Gasteiger partial charge is 0.261 e. The average Bonchev–Trinajstić information content (AvgIpc) is 2.84. The molecule has 1 aromatic carbocycles. The molecule has 1 atom stereocenters. The number of thiophene rings is 1. The minimum atomic E-state index is -0.528. The van der Waals surface area contributed by atoms with E-state index in [4.69, 9.17) is 4.74 Å². The van der Waals surface area contributed by atoms with Crippen LogP contribution in [0.25, 0.3) is 0 Å². The van der Waals surface area contributed by atoms with Gasteiger partial charge >= 0.3 is 0 Å². The number of halogens is 2. The number of carbonyl (C=O) groups is 1. The van der Waals surface area contributed by atoms with Crippen LogP contribution in [0.1, 0.15) is 11.8 Å². The molecule has 0 saturated heterocycles. The highest BCUT2D eigenvalue weighted by Crippen LogP contribution is 2.20. The van der Waals surface area contributed by atoms with Crippen molar-refractivity contribution in [3.63, 3.8) is 0 Å². The molecule has 1 heterocycles. The first kappa shape index (κ1) is 15.5. The Hall–Kier alpha value is -0.850. The van der Waals surface area contributed by atoms with Crippen molar-refractivity contribution in [2.45, 2.75) is 19.6 Å². The van der Waals surface area contributed by atoms with Crippen LogP contribution in [0.5, 0.6) is 5.75 Å². The number of amides is 1. The van der Waals surface area contributed by atoms with Gasteiger partial charge in [-0.05, 0) is 53.2 Å². The molecular weight excluding hydrogens is 406 g/mol. The number of hydrogen-bond donors (Lipinski definition) is 1. The zero-order chi connectivity index (χ0) is 14.5. The Balaban J connectivity index is 1.84. The van der Waals surface area contributed by atoms with Gasteiger partial charge < -0.3 is 10.1 Å². The van der Waals surface area contributed by atoms with Crippen LogP contribution in [-0.4, -0.2) is 12.0 Å². The van der Waals surface area contributed by atoms with E-state index in [1.54, 1.807) is 18.3 Å². The zero-order valence-corrected chi connectivity index (χ0v) is 14.7. The highest BCUT2D eigenvalue weighted by Gasteiger charge is 2.14. The molecule has 0 radical (unpaired) electrons. The van der Waals surface area contributed by atoms with Crippen molar-refractivity contribution in [3.05, 3.63) is 49.5 Å². The SMILES string of the molecule is CC(Oc1ccc(Br)cc1)C(=O)NCc1cc(Br)cs1. The summed E-state index contributed by atoms with van der Waals surface area (Å²) < 4.78 is 7.60. The monoisotopic (exact) mass is 417 g/mol. The summed E-state index contributed by atoms with van der Waals surface area (Å²) in [5.74, 6) is 0.548. The fourth-order valence-electron chi connectivity index (χ4n) is 1.54. The largest absolute Gasteiger partial charge is 0.481 e. The molecule has 2 rings (SSSR count). The van der Waals surface area contributed by atoms with Crippen molar-refractivity contribution in [1.29, 1.82) is 0 Å². The lowest BCUT2D eigenvalue weighted by molar-refractivity contribution is -0.127. The fourth-order valence-corrected chi connectivity index (χ4v) is 3.19. The second-order valence-electron chi connectivity index (χ2n) is 4.16. The summed E-state index contributed by atoms with van der Waals surface area (Å²) in [6.45, 7) is 2.25. The van der Waals surface area contributed by atoms with Crippen molar-refractivity contribution < 1.29 is 9.53 Å². The lowest BCUT2D eigenvalue weighted by Gasteiger charge is -2.14. The van der Waals surface area contributed by atoms with Crippen LogP contribution in [-0.2, 0) is 11.3 Å². The quantitative estimate of drug-likeness (QED) is 0.783. The van der Waals surface area contributed by atoms with E-state index >= 15 is 0 Å². The van der Waals surface area contributed by atoms with Crippen molar-refractivity contribution >= 4 is 49.1 Å². The van der Waals surface area contributed by atoms with Crippen molar-refractivity contribution in [3.8, 4) is 5.75 Å². The number of carbonyl (C=O) groups excluding carboxylic acids is 1. The zero-order valence-electron chi connectivity index (χ0n) is 10.7. The normalized spacial score (nSPS) is 11.9. The topological polar surface area (TPSA) is 38.3 Å². The maximum atomic E-state index is 11.9. The van der Waals surface area contributed by atoms with E-state index in [9.17, 15) is 4.79 Å². The molecule has 0 aliphatic rings. The maximum Gasteiger partial charge on any atom is 0.261 e. The summed E-state index contributed by atoms with van der Waals surface area (Å²) in [5, 5.41) is 4.85. The number of hydrogen-bond acceptors (Lipinski definition) is 3. The van der Waals surface area contributed by atoms with Gasteiger partial charge in [0.2, 0.25) is 0 Å². The van der Waals surface area contributed by atoms with Crippen LogP contribution < -0.4 is 10.1 Å². The van der Waals surface area contributed by atoms with Crippen molar-refractivity contribution in [2.75, 3.05) is 0 Å². The van der Waals surface area contributed by atoms with E-state index in [0.29, 0.717) is 12.3 Å². The molecule has 3 nitrogen and oxygen atoms in total. The highest BCUT2D eigenvalue weighted by atomic mass is 79.9. The minimum Gasteiger partial charge on any atom is -0.481 e. The third-order valence-corrected chi connectivity index (χ3v) is 4.78. The molecule has 1 aromatic heterocycles. The molecule has 0 bridgehead atoms. The Morgan fingerprint density at radius 1 is 1.30 bits per heavy atom. The van der Waals surface area contributed by atoms with E-state index in [1.807, 2.05) is 35.7 Å². The molecule has 0 aliphatic heterocycles. The number of nitrogens with one attached hydrogen (secondary N) is 1. The molecule has 1 N–H and O–H groups in total. The lowest BCUT2D eigenvalue weighted by Crippen LogP contribution is -2.35. The standard InChI is InChI=1S/C14H13Br2NO2S/c1-9(19-12-4-2-10(15)3-5-12)14(18)17-7-13-6-11(16)8-20-13/h2-6,8-9H,7H2,1H3,(H,17,18). The molecule has 0 saturated carbocycles. The molecule has 20 heavy (non-hydrogen) atoms. The second kappa shape index (κ2) is 7.24. The fraction of sp³-hybridized carbons (Fsp3) is 0.214. The van der Waals surface area contributed by atoms with Crippen molar-refractivity contribution in [2.24, 2.45) is 0 Å². The third kappa shape index (κ3) is 4.61. The second-order valence-corrected chi connectivity index (χ2v) is 6.99. The third-order valence-electron chi connectivity index (χ3n) is 2.55. The van der Waals surface area contributed by atoms with Gasteiger partial charge in [-0.3, -0.25) is 4.79 Å². The molecule has 106 valence electrons. The summed E-state index contributed by atoms with van der Waals surface area (Å²) in [6.07, 6.45) is -0.528. The first-order chi connectivity index (χ1) is 9.54. The van der Waals surface area contributed by atoms with Gasteiger partial charge in [0.05, 0.1) is 6.54 Å². The predicted molar refractivity (Wildman–Crippen MR) is 88.1 cm³/mol. The molecule has 6 heteroatoms. The van der Waals surface area contributed by atoms with Gasteiger partial charge in [0.15, 0.2) is 6.10 Å². The van der Waals surface area contributed by atoms with E-state index in [1.165, 1.54) is 0 Å². The van der Waals surface area contributed by atoms with Crippen LogP contribution in [0.2, 0.25) is 0 Å². The molecule has 2 aromatic rings. The molecule has 0 fully saturated rings. The van der Waals surface area contributed by atoms with Gasteiger partial charge in [0.25, 0.3) is 5.91 Å². The summed E-state index contributed by atoms with van der Waals surface area (Å²) in [6, 6.07) is 9.39. The summed E-state index contributed by atoms with van der Waals surface area (Å²) in [4.78, 5) is 13.0. The summed E-state index contributed by atoms with van der Waals surface area (Å²) in [7, 11) is 0. The van der Waals surface area contributed by atoms with Gasteiger partial charge in [0, 0.05) is 19.2 Å². The summed E-state index contributed by atoms with van der Waals surface area (Å²) in [5.41, 5.74) is 0. The maximum absolute atomic E-state index is 11.9. The average molecular weight is 419 g/mol. The van der Waals surface area contributed by atoms with Gasteiger partial charge in [0.1, 0.15) is 5.75 Å².